The maximum absolute atomic E-state index is 5.65. The molecule has 0 N–H and O–H groups in total. The molecule has 1 aromatic carbocycles. The summed E-state index contributed by atoms with van der Waals surface area (Å²) in [7, 11) is 1.65. The lowest BCUT2D eigenvalue weighted by atomic mass is 10.2. The fourth-order valence-electron chi connectivity index (χ4n) is 1.42. The van der Waals surface area contributed by atoms with Crippen LogP contribution in [-0.4, -0.2) is 12.1 Å². The van der Waals surface area contributed by atoms with Crippen molar-refractivity contribution in [3.63, 3.8) is 0 Å². The summed E-state index contributed by atoms with van der Waals surface area (Å²) in [4.78, 5) is 4.26. The molecule has 0 amide bonds. The number of aromatic nitrogens is 1. The maximum Gasteiger partial charge on any atom is 0.226 e. The Hall–Kier alpha value is -1.77. The van der Waals surface area contributed by atoms with E-state index in [0.717, 1.165) is 17.1 Å². The van der Waals surface area contributed by atoms with Gasteiger partial charge >= 0.3 is 0 Å². The van der Waals surface area contributed by atoms with E-state index in [1.807, 2.05) is 24.3 Å². The van der Waals surface area contributed by atoms with Crippen LogP contribution >= 0.6 is 0 Å². The molecule has 0 radical (unpaired) electrons. The molecule has 2 aromatic rings. The summed E-state index contributed by atoms with van der Waals surface area (Å²) in [6.45, 7) is 4.16. The molecule has 1 aromatic heterocycles. The van der Waals surface area contributed by atoms with Crippen molar-refractivity contribution in [2.45, 2.75) is 19.8 Å². The second-order valence-corrected chi connectivity index (χ2v) is 3.95. The van der Waals surface area contributed by atoms with E-state index in [1.165, 1.54) is 0 Å². The first-order chi connectivity index (χ1) is 7.70. The van der Waals surface area contributed by atoms with Gasteiger partial charge in [0.2, 0.25) is 5.89 Å². The minimum atomic E-state index is 0.361. The number of hydrogen-bond acceptors (Lipinski definition) is 3. The van der Waals surface area contributed by atoms with Crippen molar-refractivity contribution in [2.24, 2.45) is 0 Å². The first-order valence-corrected chi connectivity index (χ1v) is 5.31. The van der Waals surface area contributed by atoms with Gasteiger partial charge in [0.25, 0.3) is 0 Å². The predicted molar refractivity (Wildman–Crippen MR) is 62.6 cm³/mol. The van der Waals surface area contributed by atoms with Crippen LogP contribution in [-0.2, 0) is 0 Å². The first kappa shape index (κ1) is 10.7. The molecule has 3 heteroatoms. The molecular weight excluding hydrogens is 202 g/mol. The lowest BCUT2D eigenvalue weighted by Crippen LogP contribution is -1.82. The first-order valence-electron chi connectivity index (χ1n) is 5.31. The minimum Gasteiger partial charge on any atom is -0.497 e. The second kappa shape index (κ2) is 4.39. The van der Waals surface area contributed by atoms with Gasteiger partial charge in [-0.05, 0) is 24.3 Å². The summed E-state index contributed by atoms with van der Waals surface area (Å²) >= 11 is 0. The Balaban J connectivity index is 2.28. The number of methoxy groups -OCH3 is 1. The highest BCUT2D eigenvalue weighted by Crippen LogP contribution is 2.24. The van der Waals surface area contributed by atoms with Crippen LogP contribution < -0.4 is 4.74 Å². The second-order valence-electron chi connectivity index (χ2n) is 3.95. The molecule has 0 aliphatic rings. The number of hydrogen-bond donors (Lipinski definition) is 0. The summed E-state index contributed by atoms with van der Waals surface area (Å²) in [5, 5.41) is 0. The number of nitrogens with zero attached hydrogens (tertiary/aromatic N) is 1. The Labute approximate surface area is 95.1 Å². The molecule has 0 fully saturated rings. The van der Waals surface area contributed by atoms with Gasteiger partial charge in [0, 0.05) is 11.5 Å². The monoisotopic (exact) mass is 217 g/mol. The Morgan fingerprint density at radius 1 is 1.19 bits per heavy atom. The van der Waals surface area contributed by atoms with Crippen molar-refractivity contribution >= 4 is 0 Å². The van der Waals surface area contributed by atoms with Gasteiger partial charge in [0.1, 0.15) is 11.5 Å². The van der Waals surface area contributed by atoms with Gasteiger partial charge in [-0.25, -0.2) is 4.98 Å². The van der Waals surface area contributed by atoms with E-state index in [4.69, 9.17) is 9.15 Å². The molecule has 0 aliphatic heterocycles. The van der Waals surface area contributed by atoms with E-state index in [9.17, 15) is 0 Å². The number of oxazole rings is 1. The van der Waals surface area contributed by atoms with Crippen LogP contribution in [0.15, 0.2) is 34.9 Å². The Kier molecular flexibility index (Phi) is 2.95. The van der Waals surface area contributed by atoms with Gasteiger partial charge in [0.15, 0.2) is 0 Å². The van der Waals surface area contributed by atoms with Crippen molar-refractivity contribution in [3.05, 3.63) is 36.2 Å². The van der Waals surface area contributed by atoms with Gasteiger partial charge in [-0.3, -0.25) is 0 Å². The molecule has 0 bridgehead atoms. The molecule has 84 valence electrons. The quantitative estimate of drug-likeness (QED) is 0.789. The molecule has 0 unspecified atom stereocenters. The summed E-state index contributed by atoms with van der Waals surface area (Å²) in [6, 6.07) is 7.67. The predicted octanol–water partition coefficient (Wildman–Crippen LogP) is 3.47. The van der Waals surface area contributed by atoms with Gasteiger partial charge < -0.3 is 9.15 Å². The number of rotatable bonds is 3. The lowest BCUT2D eigenvalue weighted by molar-refractivity contribution is 0.415. The topological polar surface area (TPSA) is 35.3 Å². The SMILES string of the molecule is COc1ccc(-c2ncc(C(C)C)o2)cc1. The maximum atomic E-state index is 5.65. The highest BCUT2D eigenvalue weighted by molar-refractivity contribution is 5.54. The Bertz CT molecular complexity index is 457. The van der Waals surface area contributed by atoms with E-state index in [-0.39, 0.29) is 0 Å². The standard InChI is InChI=1S/C13H15NO2/c1-9(2)12-8-14-13(16-12)10-4-6-11(15-3)7-5-10/h4-9H,1-3H3. The molecule has 0 atom stereocenters. The third-order valence-corrected chi connectivity index (χ3v) is 2.43. The highest BCUT2D eigenvalue weighted by Gasteiger charge is 2.09. The van der Waals surface area contributed by atoms with Crippen molar-refractivity contribution in [2.75, 3.05) is 7.11 Å². The van der Waals surface area contributed by atoms with Crippen LogP contribution in [0.5, 0.6) is 5.75 Å². The molecule has 2 rings (SSSR count). The largest absolute Gasteiger partial charge is 0.497 e. The summed E-state index contributed by atoms with van der Waals surface area (Å²) < 4.78 is 10.8. The van der Waals surface area contributed by atoms with Gasteiger partial charge in [0.05, 0.1) is 13.3 Å². The fraction of sp³-hybridized carbons (Fsp3) is 0.308. The fourth-order valence-corrected chi connectivity index (χ4v) is 1.42. The Morgan fingerprint density at radius 3 is 2.38 bits per heavy atom. The molecule has 0 aliphatic carbocycles. The number of ether oxygens (including phenoxy) is 1. The normalized spacial score (nSPS) is 10.8. The average Bonchev–Trinajstić information content (AvgIpc) is 2.78. The van der Waals surface area contributed by atoms with E-state index in [0.29, 0.717) is 11.8 Å². The van der Waals surface area contributed by atoms with E-state index < -0.39 is 0 Å². The summed E-state index contributed by atoms with van der Waals surface area (Å²) in [5.74, 6) is 2.76. The molecule has 16 heavy (non-hydrogen) atoms. The molecule has 0 saturated carbocycles. The summed E-state index contributed by atoms with van der Waals surface area (Å²) in [5.41, 5.74) is 0.965. The van der Waals surface area contributed by atoms with E-state index >= 15 is 0 Å². The molecule has 3 nitrogen and oxygen atoms in total. The van der Waals surface area contributed by atoms with Gasteiger partial charge in [-0.15, -0.1) is 0 Å². The Morgan fingerprint density at radius 2 is 1.88 bits per heavy atom. The van der Waals surface area contributed by atoms with Crippen LogP contribution in [0.2, 0.25) is 0 Å². The van der Waals surface area contributed by atoms with Crippen LogP contribution in [0.1, 0.15) is 25.5 Å². The third-order valence-electron chi connectivity index (χ3n) is 2.43. The van der Waals surface area contributed by atoms with Crippen LogP contribution in [0.25, 0.3) is 11.5 Å². The van der Waals surface area contributed by atoms with Crippen LogP contribution in [0.4, 0.5) is 0 Å². The lowest BCUT2D eigenvalue weighted by Gasteiger charge is -2.00. The van der Waals surface area contributed by atoms with Crippen LogP contribution in [0.3, 0.4) is 0 Å². The highest BCUT2D eigenvalue weighted by atomic mass is 16.5. The molecule has 0 saturated heterocycles. The van der Waals surface area contributed by atoms with Crippen LogP contribution in [0, 0.1) is 0 Å². The molecular formula is C13H15NO2. The van der Waals surface area contributed by atoms with Gasteiger partial charge in [-0.2, -0.15) is 0 Å². The zero-order valence-electron chi connectivity index (χ0n) is 9.73. The van der Waals surface area contributed by atoms with Crippen molar-refractivity contribution in [1.82, 2.24) is 4.98 Å². The zero-order chi connectivity index (χ0) is 11.5. The number of benzene rings is 1. The van der Waals surface area contributed by atoms with Crippen molar-refractivity contribution in [3.8, 4) is 17.2 Å². The minimum absolute atomic E-state index is 0.361. The molecule has 1 heterocycles. The third kappa shape index (κ3) is 2.08. The zero-order valence-corrected chi connectivity index (χ0v) is 9.73. The molecule has 0 spiro atoms. The average molecular weight is 217 g/mol. The van der Waals surface area contributed by atoms with Crippen molar-refractivity contribution < 1.29 is 9.15 Å². The summed E-state index contributed by atoms with van der Waals surface area (Å²) in [6.07, 6.45) is 1.78. The smallest absolute Gasteiger partial charge is 0.226 e. The van der Waals surface area contributed by atoms with E-state index in [2.05, 4.69) is 18.8 Å². The van der Waals surface area contributed by atoms with Gasteiger partial charge in [-0.1, -0.05) is 13.8 Å². The van der Waals surface area contributed by atoms with Crippen molar-refractivity contribution in [1.29, 1.82) is 0 Å². The van der Waals surface area contributed by atoms with E-state index in [1.54, 1.807) is 13.3 Å².